The van der Waals surface area contributed by atoms with Crippen LogP contribution in [0.5, 0.6) is 0 Å². The van der Waals surface area contributed by atoms with Gasteiger partial charge >= 0.3 is 0 Å². The minimum atomic E-state index is -0.0212. The molecule has 30 heavy (non-hydrogen) atoms. The number of rotatable bonds is 8. The predicted molar refractivity (Wildman–Crippen MR) is 118 cm³/mol. The van der Waals surface area contributed by atoms with Gasteiger partial charge in [0, 0.05) is 17.7 Å². The Kier molecular flexibility index (Phi) is 6.35. The minimum Gasteiger partial charge on any atom is -0.425 e. The molecule has 0 spiro atoms. The van der Waals surface area contributed by atoms with Crippen LogP contribution in [0.2, 0.25) is 0 Å². The van der Waals surface area contributed by atoms with Crippen molar-refractivity contribution in [1.82, 2.24) is 15.5 Å². The van der Waals surface area contributed by atoms with E-state index in [2.05, 4.69) is 51.9 Å². The van der Waals surface area contributed by atoms with E-state index in [1.165, 1.54) is 11.1 Å². The van der Waals surface area contributed by atoms with E-state index < -0.39 is 0 Å². The Labute approximate surface area is 179 Å². The zero-order valence-corrected chi connectivity index (χ0v) is 17.6. The van der Waals surface area contributed by atoms with E-state index in [0.717, 1.165) is 10.4 Å². The van der Waals surface area contributed by atoms with Crippen molar-refractivity contribution < 1.29 is 9.21 Å². The molecule has 6 heteroatoms. The van der Waals surface area contributed by atoms with Gasteiger partial charge in [0.1, 0.15) is 0 Å². The summed E-state index contributed by atoms with van der Waals surface area (Å²) in [5.74, 6) is 1.03. The molecule has 0 saturated carbocycles. The summed E-state index contributed by atoms with van der Waals surface area (Å²) < 4.78 is 5.73. The topological polar surface area (TPSA) is 68.0 Å². The lowest BCUT2D eigenvalue weighted by atomic mass is 10.0. The van der Waals surface area contributed by atoms with Crippen LogP contribution in [0.15, 0.2) is 76.5 Å². The molecule has 5 nitrogen and oxygen atoms in total. The second-order valence-electron chi connectivity index (χ2n) is 7.13. The first-order valence-electron chi connectivity index (χ1n) is 9.96. The minimum absolute atomic E-state index is 0.00889. The molecule has 1 amide bonds. The lowest BCUT2D eigenvalue weighted by Crippen LogP contribution is -2.26. The van der Waals surface area contributed by atoms with Crippen molar-refractivity contribution in [1.29, 1.82) is 0 Å². The summed E-state index contributed by atoms with van der Waals surface area (Å²) in [5.41, 5.74) is 3.47. The number of aryl methyl sites for hydroxylation is 1. The van der Waals surface area contributed by atoms with Gasteiger partial charge in [0.05, 0.1) is 12.5 Å². The summed E-state index contributed by atoms with van der Waals surface area (Å²) in [6.45, 7) is 1.98. The molecule has 1 unspecified atom stereocenters. The van der Waals surface area contributed by atoms with Crippen LogP contribution in [0.25, 0.3) is 11.1 Å². The summed E-state index contributed by atoms with van der Waals surface area (Å²) in [5, 5.41) is 13.2. The molecule has 0 saturated heterocycles. The van der Waals surface area contributed by atoms with Crippen LogP contribution in [-0.2, 0) is 17.6 Å². The van der Waals surface area contributed by atoms with Gasteiger partial charge in [0.15, 0.2) is 0 Å². The second-order valence-corrected chi connectivity index (χ2v) is 8.11. The first-order chi connectivity index (χ1) is 14.7. The van der Waals surface area contributed by atoms with Crippen LogP contribution in [0.1, 0.15) is 41.6 Å². The highest BCUT2D eigenvalue weighted by Gasteiger charge is 2.13. The van der Waals surface area contributed by atoms with Gasteiger partial charge in [-0.1, -0.05) is 60.7 Å². The highest BCUT2D eigenvalue weighted by atomic mass is 32.1. The van der Waals surface area contributed by atoms with Crippen LogP contribution in [-0.4, -0.2) is 16.1 Å². The molecule has 4 rings (SSSR count). The van der Waals surface area contributed by atoms with Gasteiger partial charge < -0.3 is 9.73 Å². The molecular formula is C24H23N3O2S. The number of carbonyl (C=O) groups excluding carboxylic acids is 1. The van der Waals surface area contributed by atoms with Gasteiger partial charge in [-0.05, 0) is 35.1 Å². The van der Waals surface area contributed by atoms with Gasteiger partial charge in [-0.2, -0.15) is 0 Å². The van der Waals surface area contributed by atoms with Gasteiger partial charge in [-0.15, -0.1) is 21.5 Å². The van der Waals surface area contributed by atoms with E-state index in [-0.39, 0.29) is 11.9 Å². The summed E-state index contributed by atoms with van der Waals surface area (Å²) in [6, 6.07) is 22.6. The van der Waals surface area contributed by atoms with Crippen LogP contribution in [0.4, 0.5) is 0 Å². The Morgan fingerprint density at radius 2 is 1.70 bits per heavy atom. The molecule has 0 fully saturated rings. The molecule has 0 radical (unpaired) electrons. The maximum absolute atomic E-state index is 12.2. The Morgan fingerprint density at radius 3 is 2.43 bits per heavy atom. The van der Waals surface area contributed by atoms with Crippen LogP contribution in [0.3, 0.4) is 0 Å². The number of nitrogens with zero attached hydrogens (tertiary/aromatic N) is 2. The first kappa shape index (κ1) is 20.0. The molecular weight excluding hydrogens is 394 g/mol. The third-order valence-electron chi connectivity index (χ3n) is 4.84. The average molecular weight is 418 g/mol. The van der Waals surface area contributed by atoms with E-state index in [0.29, 0.717) is 31.0 Å². The number of nitrogens with one attached hydrogen (secondary N) is 1. The largest absolute Gasteiger partial charge is 0.425 e. The van der Waals surface area contributed by atoms with Gasteiger partial charge in [-0.3, -0.25) is 4.79 Å². The Morgan fingerprint density at radius 1 is 0.967 bits per heavy atom. The Balaban J connectivity index is 1.28. The molecule has 2 heterocycles. The highest BCUT2D eigenvalue weighted by Crippen LogP contribution is 2.21. The van der Waals surface area contributed by atoms with Crippen LogP contribution in [0, 0.1) is 0 Å². The number of amides is 1. The maximum Gasteiger partial charge on any atom is 0.221 e. The SMILES string of the molecule is CC(NC(=O)CCc1nnc(Cc2ccc(-c3ccccc3)cc2)o1)c1cccs1. The predicted octanol–water partition coefficient (Wildman–Crippen LogP) is 5.20. The molecule has 0 aliphatic carbocycles. The fourth-order valence-electron chi connectivity index (χ4n) is 3.22. The molecule has 0 aliphatic rings. The average Bonchev–Trinajstić information content (AvgIpc) is 3.46. The van der Waals surface area contributed by atoms with Crippen molar-refractivity contribution in [2.45, 2.75) is 32.2 Å². The zero-order chi connectivity index (χ0) is 20.8. The molecule has 152 valence electrons. The molecule has 4 aromatic rings. The third kappa shape index (κ3) is 5.21. The van der Waals surface area contributed by atoms with E-state index in [4.69, 9.17) is 4.42 Å². The van der Waals surface area contributed by atoms with Crippen molar-refractivity contribution in [3.8, 4) is 11.1 Å². The number of aromatic nitrogens is 2. The Bertz CT molecular complexity index is 1070. The second kappa shape index (κ2) is 9.50. The molecule has 0 bridgehead atoms. The first-order valence-corrected chi connectivity index (χ1v) is 10.8. The number of thiophene rings is 1. The van der Waals surface area contributed by atoms with Gasteiger partial charge in [-0.25, -0.2) is 0 Å². The molecule has 0 aliphatic heterocycles. The Hall–Kier alpha value is -3.25. The fourth-order valence-corrected chi connectivity index (χ4v) is 3.96. The van der Waals surface area contributed by atoms with E-state index in [1.807, 2.05) is 42.6 Å². The fraction of sp³-hybridized carbons (Fsp3) is 0.208. The smallest absolute Gasteiger partial charge is 0.221 e. The number of carbonyl (C=O) groups is 1. The monoisotopic (exact) mass is 417 g/mol. The zero-order valence-electron chi connectivity index (χ0n) is 16.7. The van der Waals surface area contributed by atoms with E-state index in [1.54, 1.807) is 11.3 Å². The van der Waals surface area contributed by atoms with Crippen molar-refractivity contribution in [2.75, 3.05) is 0 Å². The molecule has 2 aromatic carbocycles. The van der Waals surface area contributed by atoms with Crippen LogP contribution >= 0.6 is 11.3 Å². The van der Waals surface area contributed by atoms with Crippen molar-refractivity contribution in [3.63, 3.8) is 0 Å². The maximum atomic E-state index is 12.2. The summed E-state index contributed by atoms with van der Waals surface area (Å²) >= 11 is 1.64. The quantitative estimate of drug-likeness (QED) is 0.428. The lowest BCUT2D eigenvalue weighted by Gasteiger charge is -2.11. The molecule has 1 atom stereocenters. The number of hydrogen-bond donors (Lipinski definition) is 1. The molecule has 2 aromatic heterocycles. The summed E-state index contributed by atoms with van der Waals surface area (Å²) in [6.07, 6.45) is 1.33. The van der Waals surface area contributed by atoms with Crippen LogP contribution < -0.4 is 5.32 Å². The van der Waals surface area contributed by atoms with E-state index in [9.17, 15) is 4.79 Å². The van der Waals surface area contributed by atoms with Crippen molar-refractivity contribution in [3.05, 3.63) is 94.3 Å². The summed E-state index contributed by atoms with van der Waals surface area (Å²) in [7, 11) is 0. The normalized spacial score (nSPS) is 11.9. The standard InChI is InChI=1S/C24H23N3O2S/c1-17(21-8-5-15-30-21)25-22(28)13-14-23-26-27-24(29-23)16-18-9-11-20(12-10-18)19-6-3-2-4-7-19/h2-12,15,17H,13-14,16H2,1H3,(H,25,28). The number of hydrogen-bond acceptors (Lipinski definition) is 5. The van der Waals surface area contributed by atoms with Crippen molar-refractivity contribution >= 4 is 17.2 Å². The highest BCUT2D eigenvalue weighted by molar-refractivity contribution is 7.10. The summed E-state index contributed by atoms with van der Waals surface area (Å²) in [4.78, 5) is 13.3. The third-order valence-corrected chi connectivity index (χ3v) is 5.89. The van der Waals surface area contributed by atoms with Gasteiger partial charge in [0.25, 0.3) is 0 Å². The molecule has 1 N–H and O–H groups in total. The van der Waals surface area contributed by atoms with E-state index >= 15 is 0 Å². The number of benzene rings is 2. The lowest BCUT2D eigenvalue weighted by molar-refractivity contribution is -0.121. The van der Waals surface area contributed by atoms with Crippen molar-refractivity contribution in [2.24, 2.45) is 0 Å². The van der Waals surface area contributed by atoms with Gasteiger partial charge in [0.2, 0.25) is 17.7 Å².